The Morgan fingerprint density at radius 3 is 2.33 bits per heavy atom. The molecule has 0 atom stereocenters. The van der Waals surface area contributed by atoms with Crippen LogP contribution in [0.2, 0.25) is 0 Å². The van der Waals surface area contributed by atoms with Crippen molar-refractivity contribution in [2.45, 2.75) is 25.8 Å². The summed E-state index contributed by atoms with van der Waals surface area (Å²) in [4.78, 5) is 12.7. The van der Waals surface area contributed by atoms with E-state index >= 15 is 0 Å². The molecule has 1 aliphatic rings. The van der Waals surface area contributed by atoms with Gasteiger partial charge in [-0.05, 0) is 12.8 Å². The van der Waals surface area contributed by atoms with Gasteiger partial charge in [0, 0.05) is 26.1 Å². The first-order valence-electron chi connectivity index (χ1n) is 3.95. The van der Waals surface area contributed by atoms with Crippen molar-refractivity contribution in [3.8, 4) is 0 Å². The third kappa shape index (κ3) is 2.97. The van der Waals surface area contributed by atoms with Gasteiger partial charge in [-0.15, -0.1) is 12.4 Å². The van der Waals surface area contributed by atoms with E-state index in [1.165, 1.54) is 0 Å². The van der Waals surface area contributed by atoms with Gasteiger partial charge in [0.1, 0.15) is 0 Å². The lowest BCUT2D eigenvalue weighted by molar-refractivity contribution is -0.129. The third-order valence-electron chi connectivity index (χ3n) is 2.18. The maximum atomic E-state index is 10.9. The van der Waals surface area contributed by atoms with Crippen LogP contribution in [0.15, 0.2) is 0 Å². The molecule has 0 aromatic carbocycles. The van der Waals surface area contributed by atoms with Gasteiger partial charge in [-0.3, -0.25) is 16.1 Å². The molecule has 0 aromatic heterocycles. The fourth-order valence-electron chi connectivity index (χ4n) is 1.36. The van der Waals surface area contributed by atoms with Crippen LogP contribution in [0.1, 0.15) is 19.8 Å². The molecule has 1 amide bonds. The zero-order valence-electron chi connectivity index (χ0n) is 7.25. The van der Waals surface area contributed by atoms with Gasteiger partial charge in [-0.25, -0.2) is 0 Å². The molecule has 0 saturated carbocycles. The first-order chi connectivity index (χ1) is 5.24. The summed E-state index contributed by atoms with van der Waals surface area (Å²) < 4.78 is 0. The summed E-state index contributed by atoms with van der Waals surface area (Å²) >= 11 is 0. The summed E-state index contributed by atoms with van der Waals surface area (Å²) in [5, 5.41) is 0. The van der Waals surface area contributed by atoms with Crippen molar-refractivity contribution < 1.29 is 4.79 Å². The summed E-state index contributed by atoms with van der Waals surface area (Å²) in [6.07, 6.45) is 1.94. The first-order valence-corrected chi connectivity index (χ1v) is 3.95. The van der Waals surface area contributed by atoms with Crippen LogP contribution in [0, 0.1) is 0 Å². The topological polar surface area (TPSA) is 58.4 Å². The predicted molar refractivity (Wildman–Crippen MR) is 49.8 cm³/mol. The van der Waals surface area contributed by atoms with Gasteiger partial charge in [0.15, 0.2) is 0 Å². The molecular weight excluding hydrogens is 178 g/mol. The van der Waals surface area contributed by atoms with Crippen molar-refractivity contribution in [1.82, 2.24) is 10.3 Å². The van der Waals surface area contributed by atoms with Crippen LogP contribution in [0.4, 0.5) is 0 Å². The number of nitrogens with one attached hydrogen (secondary N) is 1. The van der Waals surface area contributed by atoms with Crippen molar-refractivity contribution >= 4 is 18.3 Å². The zero-order valence-corrected chi connectivity index (χ0v) is 8.06. The number of amides is 1. The Labute approximate surface area is 78.9 Å². The second-order valence-electron chi connectivity index (χ2n) is 2.95. The molecule has 0 unspecified atom stereocenters. The van der Waals surface area contributed by atoms with Gasteiger partial charge in [0.25, 0.3) is 0 Å². The Hall–Kier alpha value is -0.320. The third-order valence-corrected chi connectivity index (χ3v) is 2.18. The molecule has 0 spiro atoms. The molecule has 1 rings (SSSR count). The summed E-state index contributed by atoms with van der Waals surface area (Å²) in [5.41, 5.74) is 2.73. The van der Waals surface area contributed by atoms with E-state index in [4.69, 9.17) is 5.84 Å². The molecule has 1 saturated heterocycles. The average Bonchev–Trinajstić information content (AvgIpc) is 2.05. The van der Waals surface area contributed by atoms with Crippen LogP contribution in [0.25, 0.3) is 0 Å². The lowest BCUT2D eigenvalue weighted by Crippen LogP contribution is -2.46. The van der Waals surface area contributed by atoms with Crippen LogP contribution in [0.3, 0.4) is 0 Å². The SMILES string of the molecule is CC(=O)N1CCC(NN)CC1.Cl. The van der Waals surface area contributed by atoms with E-state index < -0.39 is 0 Å². The van der Waals surface area contributed by atoms with Crippen LogP contribution < -0.4 is 11.3 Å². The molecule has 0 aliphatic carbocycles. The highest BCUT2D eigenvalue weighted by Gasteiger charge is 2.18. The molecule has 72 valence electrons. The van der Waals surface area contributed by atoms with Crippen LogP contribution in [-0.2, 0) is 4.79 Å². The summed E-state index contributed by atoms with van der Waals surface area (Å²) in [6, 6.07) is 0.394. The number of likely N-dealkylation sites (tertiary alicyclic amines) is 1. The van der Waals surface area contributed by atoms with Crippen LogP contribution >= 0.6 is 12.4 Å². The van der Waals surface area contributed by atoms with E-state index in [-0.39, 0.29) is 18.3 Å². The molecular formula is C7H16ClN3O. The zero-order chi connectivity index (χ0) is 8.27. The lowest BCUT2D eigenvalue weighted by Gasteiger charge is -2.30. The standard InChI is InChI=1S/C7H15N3O.ClH/c1-6(11)10-4-2-7(9-8)3-5-10;/h7,9H,2-5,8H2,1H3;1H. The van der Waals surface area contributed by atoms with Crippen molar-refractivity contribution in [1.29, 1.82) is 0 Å². The minimum absolute atomic E-state index is 0. The first kappa shape index (κ1) is 11.7. The van der Waals surface area contributed by atoms with Gasteiger partial charge >= 0.3 is 0 Å². The van der Waals surface area contributed by atoms with Gasteiger partial charge in [-0.1, -0.05) is 0 Å². The van der Waals surface area contributed by atoms with E-state index in [0.717, 1.165) is 25.9 Å². The number of rotatable bonds is 1. The van der Waals surface area contributed by atoms with Gasteiger partial charge in [0.05, 0.1) is 0 Å². The fraction of sp³-hybridized carbons (Fsp3) is 0.857. The number of nitrogens with two attached hydrogens (primary N) is 1. The molecule has 0 bridgehead atoms. The highest BCUT2D eigenvalue weighted by Crippen LogP contribution is 2.08. The van der Waals surface area contributed by atoms with Crippen molar-refractivity contribution in [3.05, 3.63) is 0 Å². The smallest absolute Gasteiger partial charge is 0.219 e. The molecule has 1 aliphatic heterocycles. The Kier molecular flexibility index (Phi) is 5.20. The lowest BCUT2D eigenvalue weighted by atomic mass is 10.1. The number of hydrazine groups is 1. The molecule has 3 N–H and O–H groups in total. The number of hydrogen-bond donors (Lipinski definition) is 2. The highest BCUT2D eigenvalue weighted by molar-refractivity contribution is 5.85. The minimum Gasteiger partial charge on any atom is -0.343 e. The minimum atomic E-state index is 0. The quantitative estimate of drug-likeness (QED) is 0.451. The molecule has 4 nitrogen and oxygen atoms in total. The van der Waals surface area contributed by atoms with E-state index in [1.807, 2.05) is 4.90 Å². The van der Waals surface area contributed by atoms with E-state index in [9.17, 15) is 4.79 Å². The average molecular weight is 194 g/mol. The number of carbonyl (C=O) groups is 1. The molecule has 5 heteroatoms. The molecule has 1 heterocycles. The Morgan fingerprint density at radius 2 is 2.00 bits per heavy atom. The predicted octanol–water partition coefficient (Wildman–Crippen LogP) is -0.118. The summed E-state index contributed by atoms with van der Waals surface area (Å²) in [5.74, 6) is 5.44. The fourth-order valence-corrected chi connectivity index (χ4v) is 1.36. The Balaban J connectivity index is 0.00000121. The van der Waals surface area contributed by atoms with E-state index in [0.29, 0.717) is 6.04 Å². The highest BCUT2D eigenvalue weighted by atomic mass is 35.5. The Morgan fingerprint density at radius 1 is 1.50 bits per heavy atom. The maximum Gasteiger partial charge on any atom is 0.219 e. The van der Waals surface area contributed by atoms with Crippen molar-refractivity contribution in [2.24, 2.45) is 5.84 Å². The maximum absolute atomic E-state index is 10.9. The number of halogens is 1. The number of carbonyl (C=O) groups excluding carboxylic acids is 1. The normalized spacial score (nSPS) is 18.7. The van der Waals surface area contributed by atoms with Gasteiger partial charge < -0.3 is 4.90 Å². The van der Waals surface area contributed by atoms with Crippen molar-refractivity contribution in [2.75, 3.05) is 13.1 Å². The van der Waals surface area contributed by atoms with Crippen molar-refractivity contribution in [3.63, 3.8) is 0 Å². The van der Waals surface area contributed by atoms with E-state index in [1.54, 1.807) is 6.92 Å². The second-order valence-corrected chi connectivity index (χ2v) is 2.95. The summed E-state index contributed by atoms with van der Waals surface area (Å²) in [7, 11) is 0. The largest absolute Gasteiger partial charge is 0.343 e. The van der Waals surface area contributed by atoms with Gasteiger partial charge in [-0.2, -0.15) is 0 Å². The van der Waals surface area contributed by atoms with Crippen LogP contribution in [0.5, 0.6) is 0 Å². The number of nitrogens with zero attached hydrogens (tertiary/aromatic N) is 1. The second kappa shape index (κ2) is 5.35. The number of hydrogen-bond acceptors (Lipinski definition) is 3. The van der Waals surface area contributed by atoms with Gasteiger partial charge in [0.2, 0.25) is 5.91 Å². The molecule has 0 aromatic rings. The monoisotopic (exact) mass is 193 g/mol. The molecule has 0 radical (unpaired) electrons. The summed E-state index contributed by atoms with van der Waals surface area (Å²) in [6.45, 7) is 3.28. The molecule has 1 fully saturated rings. The van der Waals surface area contributed by atoms with E-state index in [2.05, 4.69) is 5.43 Å². The Bertz CT molecular complexity index is 146. The number of piperidine rings is 1. The molecule has 12 heavy (non-hydrogen) atoms. The van der Waals surface area contributed by atoms with Crippen LogP contribution in [-0.4, -0.2) is 29.9 Å².